The summed E-state index contributed by atoms with van der Waals surface area (Å²) in [7, 11) is 11.9. The standard InChI is InChI=1S/C77H124N12O15/c1-20-51(8)66(80-63(90)37-38-78-12)76(101)87(18)60(43-49(4)5)73(98)82(13)52(9)70(95)84(15)58(42-48(2)3)69(94)81-67(54(11)104-65-36-28-31-41-103-65)77(102)88(19)62(46-56-34-26-22-27-35-56)74(99)83(14)53(10)71(96)86(17)61(44-50(6)7)75(100)85(16)59(45-55-32-24-21-25-33-55)68(93)79-57(47-64(91)92)72(97)89-39-29-23-30-40-89/h21-22,24-27,32-35,48-54,57-62,65-67,78H,20,23,28-31,36-47H2,1-19H3,(H,79,93)(H,80,90)(H,81,94)(H,91,92)/t51-,52-,53-,54+,57?,58?,59-,60-,61?,62-,65?,66?,67-/m0/s1. The van der Waals surface area contributed by atoms with Crippen molar-refractivity contribution in [2.24, 2.45) is 23.7 Å². The number of ether oxygens (including phenoxy) is 2. The molecule has 0 saturated carbocycles. The first-order valence-electron chi connectivity index (χ1n) is 37.3. The van der Waals surface area contributed by atoms with Gasteiger partial charge in [-0.05, 0) is 120 Å². The van der Waals surface area contributed by atoms with E-state index >= 15 is 24.0 Å². The molecule has 2 aliphatic rings. The van der Waals surface area contributed by atoms with Crippen LogP contribution in [0.1, 0.15) is 164 Å². The highest BCUT2D eigenvalue weighted by molar-refractivity contribution is 5.99. The summed E-state index contributed by atoms with van der Waals surface area (Å²) >= 11 is 0. The number of hydrogen-bond acceptors (Lipinski definition) is 15. The average molecular weight is 1460 g/mol. The first-order chi connectivity index (χ1) is 49.0. The average Bonchev–Trinajstić information content (AvgIpc) is 0.792. The summed E-state index contributed by atoms with van der Waals surface area (Å²) in [4.78, 5) is 185. The highest BCUT2D eigenvalue weighted by Gasteiger charge is 2.45. The van der Waals surface area contributed by atoms with Crippen LogP contribution in [-0.2, 0) is 79.8 Å². The van der Waals surface area contributed by atoms with Crippen LogP contribution in [0, 0.1) is 23.7 Å². The summed E-state index contributed by atoms with van der Waals surface area (Å²) in [5.41, 5.74) is 1.30. The summed E-state index contributed by atoms with van der Waals surface area (Å²) < 4.78 is 12.4. The number of carboxylic acid groups (broad SMARTS) is 1. The van der Waals surface area contributed by atoms with Gasteiger partial charge in [0.1, 0.15) is 60.4 Å². The monoisotopic (exact) mass is 1460 g/mol. The van der Waals surface area contributed by atoms with Crippen molar-refractivity contribution in [1.29, 1.82) is 0 Å². The summed E-state index contributed by atoms with van der Waals surface area (Å²) in [6.45, 7) is 21.3. The molecule has 0 spiro atoms. The summed E-state index contributed by atoms with van der Waals surface area (Å²) in [6, 6.07) is 5.32. The number of nitrogens with one attached hydrogen (secondary N) is 4. The number of carboxylic acids is 1. The van der Waals surface area contributed by atoms with Crippen molar-refractivity contribution in [3.8, 4) is 0 Å². The van der Waals surface area contributed by atoms with Crippen LogP contribution in [0.5, 0.6) is 0 Å². The number of aliphatic carboxylic acids is 1. The first-order valence-corrected chi connectivity index (χ1v) is 37.3. The van der Waals surface area contributed by atoms with Crippen molar-refractivity contribution < 1.29 is 72.1 Å². The third kappa shape index (κ3) is 25.6. The number of likely N-dealkylation sites (tertiary alicyclic amines) is 1. The fourth-order valence-electron chi connectivity index (χ4n) is 13.2. The minimum absolute atomic E-state index is 0.0346. The lowest BCUT2D eigenvalue weighted by Crippen LogP contribution is -2.63. The molecule has 5 unspecified atom stereocenters. The molecule has 27 nitrogen and oxygen atoms in total. The molecule has 27 heteroatoms. The van der Waals surface area contributed by atoms with E-state index in [1.807, 2.05) is 55.4 Å². The molecule has 2 aromatic carbocycles. The Balaban J connectivity index is 1.71. The lowest BCUT2D eigenvalue weighted by Gasteiger charge is -2.40. The Morgan fingerprint density at radius 1 is 0.510 bits per heavy atom. The van der Waals surface area contributed by atoms with Crippen LogP contribution in [0.15, 0.2) is 60.7 Å². The highest BCUT2D eigenvalue weighted by Crippen LogP contribution is 2.26. The number of hydrogen-bond donors (Lipinski definition) is 5. The fraction of sp³-hybridized carbons (Fsp3) is 0.688. The van der Waals surface area contributed by atoms with E-state index in [1.165, 1.54) is 97.5 Å². The van der Waals surface area contributed by atoms with Crippen molar-refractivity contribution in [2.75, 3.05) is 82.6 Å². The topological polar surface area (TPSA) is 318 Å². The van der Waals surface area contributed by atoms with E-state index in [9.17, 15) is 38.7 Å². The van der Waals surface area contributed by atoms with E-state index in [0.717, 1.165) is 32.1 Å². The second-order valence-corrected chi connectivity index (χ2v) is 29.8. The number of carbonyl (C=O) groups is 12. The van der Waals surface area contributed by atoms with E-state index in [0.29, 0.717) is 50.2 Å². The molecule has 2 heterocycles. The van der Waals surface area contributed by atoms with Gasteiger partial charge in [-0.15, -0.1) is 0 Å². The molecule has 104 heavy (non-hydrogen) atoms. The van der Waals surface area contributed by atoms with Gasteiger partial charge in [0, 0.05) is 94.8 Å². The second kappa shape index (κ2) is 42.8. The third-order valence-corrected chi connectivity index (χ3v) is 20.3. The summed E-state index contributed by atoms with van der Waals surface area (Å²) in [5.74, 6) is -8.78. The molecule has 5 N–H and O–H groups in total. The first kappa shape index (κ1) is 88.4. The van der Waals surface area contributed by atoms with Gasteiger partial charge in [-0.3, -0.25) is 57.5 Å². The molecule has 4 rings (SSSR count). The Bertz CT molecular complexity index is 3150. The quantitative estimate of drug-likeness (QED) is 0.0588. The van der Waals surface area contributed by atoms with Gasteiger partial charge in [0.15, 0.2) is 6.29 Å². The number of amides is 11. The van der Waals surface area contributed by atoms with Crippen LogP contribution in [0.4, 0.5) is 0 Å². The second-order valence-electron chi connectivity index (χ2n) is 29.8. The number of nitrogens with zero attached hydrogens (tertiary/aromatic N) is 8. The largest absolute Gasteiger partial charge is 0.481 e. The SMILES string of the molecule is CC[C@H](C)C(NC(=O)CCNC)C(=O)N(C)[C@@H](CC(C)C)C(=O)N(C)[C@@H](C)C(=O)N(C)C(CC(C)C)C(=O)N[C@H](C(=O)N(C)[C@@H](Cc1ccccc1)C(=O)N(C)[C@@H](C)C(=O)N(C)C(CC(C)C)C(=O)N(C)[C@@H](Cc1ccccc1)C(=O)NC(CC(=O)O)C(=O)N1CCCCC1)[C@@H](C)OC1CCCCO1. The van der Waals surface area contributed by atoms with E-state index < -0.39 is 144 Å². The minimum Gasteiger partial charge on any atom is -0.481 e. The maximum atomic E-state index is 15.7. The molecular formula is C77H124N12O15. The van der Waals surface area contributed by atoms with Crippen LogP contribution in [0.2, 0.25) is 0 Å². The Morgan fingerprint density at radius 3 is 1.41 bits per heavy atom. The molecule has 0 aromatic heterocycles. The van der Waals surface area contributed by atoms with Crippen LogP contribution in [0.25, 0.3) is 0 Å². The fourth-order valence-corrected chi connectivity index (χ4v) is 13.2. The smallest absolute Gasteiger partial charge is 0.305 e. The van der Waals surface area contributed by atoms with Crippen molar-refractivity contribution in [3.63, 3.8) is 0 Å². The van der Waals surface area contributed by atoms with Crippen molar-refractivity contribution in [3.05, 3.63) is 71.8 Å². The minimum atomic E-state index is -1.53. The van der Waals surface area contributed by atoms with Crippen molar-refractivity contribution >= 4 is 70.9 Å². The lowest BCUT2D eigenvalue weighted by atomic mass is 9.95. The zero-order chi connectivity index (χ0) is 78.0. The molecule has 0 aliphatic carbocycles. The van der Waals surface area contributed by atoms with Gasteiger partial charge >= 0.3 is 5.97 Å². The number of benzene rings is 2. The summed E-state index contributed by atoms with van der Waals surface area (Å²) in [6.07, 6.45) is 2.86. The molecule has 2 saturated heterocycles. The zero-order valence-corrected chi connectivity index (χ0v) is 65.5. The Morgan fingerprint density at radius 2 is 0.942 bits per heavy atom. The maximum absolute atomic E-state index is 15.7. The van der Waals surface area contributed by atoms with Crippen LogP contribution in [-0.4, -0.2) is 271 Å². The van der Waals surface area contributed by atoms with Crippen LogP contribution >= 0.6 is 0 Å². The van der Waals surface area contributed by atoms with Gasteiger partial charge in [0.05, 0.1) is 12.5 Å². The van der Waals surface area contributed by atoms with Gasteiger partial charge in [0.25, 0.3) is 0 Å². The molecule has 2 fully saturated rings. The number of carbonyl (C=O) groups excluding carboxylic acids is 11. The molecule has 13 atom stereocenters. The van der Waals surface area contributed by atoms with Gasteiger partial charge < -0.3 is 75.0 Å². The van der Waals surface area contributed by atoms with Gasteiger partial charge in [-0.25, -0.2) is 0 Å². The van der Waals surface area contributed by atoms with E-state index in [1.54, 1.807) is 79.5 Å². The van der Waals surface area contributed by atoms with E-state index in [4.69, 9.17) is 9.47 Å². The molecular weight excluding hydrogens is 1330 g/mol. The summed E-state index contributed by atoms with van der Waals surface area (Å²) in [5, 5.41) is 21.4. The number of rotatable bonds is 40. The van der Waals surface area contributed by atoms with E-state index in [-0.39, 0.29) is 68.1 Å². The molecule has 2 aromatic rings. The number of likely N-dealkylation sites (N-methyl/N-ethyl adjacent to an activating group) is 7. The lowest BCUT2D eigenvalue weighted by molar-refractivity contribution is -0.193. The maximum Gasteiger partial charge on any atom is 0.305 e. The Labute approximate surface area is 617 Å². The predicted octanol–water partition coefficient (Wildman–Crippen LogP) is 4.97. The Hall–Kier alpha value is -8.04. The third-order valence-electron chi connectivity index (χ3n) is 20.3. The molecule has 11 amide bonds. The predicted molar refractivity (Wildman–Crippen MR) is 397 cm³/mol. The van der Waals surface area contributed by atoms with Crippen molar-refractivity contribution in [1.82, 2.24) is 60.5 Å². The zero-order valence-electron chi connectivity index (χ0n) is 65.5. The normalized spacial score (nSPS) is 17.4. The van der Waals surface area contributed by atoms with Gasteiger partial charge in [-0.1, -0.05) is 122 Å². The van der Waals surface area contributed by atoms with E-state index in [2.05, 4.69) is 21.3 Å². The molecule has 2 aliphatic heterocycles. The molecule has 0 bridgehead atoms. The van der Waals surface area contributed by atoms with Crippen molar-refractivity contribution in [2.45, 2.75) is 239 Å². The highest BCUT2D eigenvalue weighted by atomic mass is 16.7. The van der Waals surface area contributed by atoms with Crippen LogP contribution < -0.4 is 21.3 Å². The van der Waals surface area contributed by atoms with Gasteiger partial charge in [-0.2, -0.15) is 0 Å². The number of piperidine rings is 1. The molecule has 0 radical (unpaired) electrons. The van der Waals surface area contributed by atoms with Crippen LogP contribution in [0.3, 0.4) is 0 Å². The Kier molecular flexibility index (Phi) is 36.4. The van der Waals surface area contributed by atoms with Gasteiger partial charge in [0.2, 0.25) is 65.0 Å². The molecule has 582 valence electrons.